The van der Waals surface area contributed by atoms with Crippen LogP contribution in [0.2, 0.25) is 0 Å². The molecule has 174 valence electrons. The van der Waals surface area contributed by atoms with Gasteiger partial charge in [0.2, 0.25) is 0 Å². The number of hydrogen-bond acceptors (Lipinski definition) is 5. The number of carbonyl (C=O) groups excluding carboxylic acids is 2. The number of aliphatic hydroxyl groups excluding tert-OH is 1. The van der Waals surface area contributed by atoms with Gasteiger partial charge in [0, 0.05) is 31.9 Å². The first kappa shape index (κ1) is 23.1. The van der Waals surface area contributed by atoms with Gasteiger partial charge in [0.25, 0.3) is 11.7 Å². The van der Waals surface area contributed by atoms with Gasteiger partial charge in [-0.25, -0.2) is 0 Å². The van der Waals surface area contributed by atoms with Crippen molar-refractivity contribution in [2.24, 2.45) is 0 Å². The van der Waals surface area contributed by atoms with Crippen molar-refractivity contribution in [2.75, 3.05) is 25.6 Å². The van der Waals surface area contributed by atoms with Crippen molar-refractivity contribution in [3.63, 3.8) is 0 Å². The molecule has 0 aliphatic carbocycles. The molecule has 0 spiro atoms. The Balaban J connectivity index is 1.84. The van der Waals surface area contributed by atoms with Crippen LogP contribution in [-0.2, 0) is 16.1 Å². The molecule has 0 radical (unpaired) electrons. The number of Topliss-reactive ketones (excluding diaryl/α,β-unsaturated/α-hetero) is 1. The lowest BCUT2D eigenvalue weighted by atomic mass is 9.95. The largest absolute Gasteiger partial charge is 0.507 e. The van der Waals surface area contributed by atoms with E-state index in [1.165, 1.54) is 4.90 Å². The van der Waals surface area contributed by atoms with Gasteiger partial charge in [-0.3, -0.25) is 9.59 Å². The first-order chi connectivity index (χ1) is 16.4. The zero-order valence-electron chi connectivity index (χ0n) is 19.6. The normalized spacial score (nSPS) is 17.1. The summed E-state index contributed by atoms with van der Waals surface area (Å²) >= 11 is 0. The molecule has 3 aromatic carbocycles. The minimum absolute atomic E-state index is 0.0761. The minimum atomic E-state index is -0.716. The van der Waals surface area contributed by atoms with Crippen molar-refractivity contribution >= 4 is 23.1 Å². The molecule has 1 heterocycles. The minimum Gasteiger partial charge on any atom is -0.507 e. The highest BCUT2D eigenvalue weighted by atomic mass is 16.5. The van der Waals surface area contributed by atoms with Gasteiger partial charge in [-0.2, -0.15) is 0 Å². The van der Waals surface area contributed by atoms with Gasteiger partial charge >= 0.3 is 0 Å². The van der Waals surface area contributed by atoms with Crippen LogP contribution in [0.3, 0.4) is 0 Å². The van der Waals surface area contributed by atoms with E-state index in [0.29, 0.717) is 17.9 Å². The molecule has 1 aliphatic heterocycles. The highest BCUT2D eigenvalue weighted by Gasteiger charge is 2.46. The van der Waals surface area contributed by atoms with E-state index in [1.807, 2.05) is 80.5 Å². The van der Waals surface area contributed by atoms with Crippen LogP contribution in [-0.4, -0.2) is 42.4 Å². The van der Waals surface area contributed by atoms with Gasteiger partial charge in [-0.15, -0.1) is 0 Å². The molecule has 6 heteroatoms. The zero-order chi connectivity index (χ0) is 24.2. The van der Waals surface area contributed by atoms with Crippen molar-refractivity contribution in [3.05, 3.63) is 101 Å². The maximum Gasteiger partial charge on any atom is 0.295 e. The van der Waals surface area contributed by atoms with Gasteiger partial charge < -0.3 is 19.6 Å². The number of aliphatic hydroxyl groups is 1. The fraction of sp³-hybridized carbons (Fsp3) is 0.214. The van der Waals surface area contributed by atoms with Crippen LogP contribution < -0.4 is 9.64 Å². The maximum atomic E-state index is 13.2. The Morgan fingerprint density at radius 2 is 1.68 bits per heavy atom. The lowest BCUT2D eigenvalue weighted by Crippen LogP contribution is -2.29. The molecule has 1 unspecified atom stereocenters. The Morgan fingerprint density at radius 3 is 2.32 bits per heavy atom. The summed E-state index contributed by atoms with van der Waals surface area (Å²) in [6.45, 7) is 2.60. The summed E-state index contributed by atoms with van der Waals surface area (Å²) in [5.41, 5.74) is 3.15. The number of amides is 1. The Bertz CT molecular complexity index is 1220. The Morgan fingerprint density at radius 1 is 0.971 bits per heavy atom. The van der Waals surface area contributed by atoms with E-state index in [-0.39, 0.29) is 17.9 Å². The van der Waals surface area contributed by atoms with Crippen LogP contribution in [0.25, 0.3) is 5.76 Å². The predicted octanol–water partition coefficient (Wildman–Crippen LogP) is 4.77. The molecular weight excluding hydrogens is 428 g/mol. The summed E-state index contributed by atoms with van der Waals surface area (Å²) in [6, 6.07) is 23.4. The third-order valence-electron chi connectivity index (χ3n) is 5.88. The van der Waals surface area contributed by atoms with Crippen molar-refractivity contribution < 1.29 is 19.4 Å². The van der Waals surface area contributed by atoms with Crippen LogP contribution in [0.5, 0.6) is 5.75 Å². The molecular formula is C28H28N2O4. The fourth-order valence-electron chi connectivity index (χ4n) is 4.18. The summed E-state index contributed by atoms with van der Waals surface area (Å²) in [6.07, 6.45) is 0. The number of benzene rings is 3. The molecule has 1 aliphatic rings. The van der Waals surface area contributed by atoms with Crippen LogP contribution in [0, 0.1) is 0 Å². The number of anilines is 1. The molecule has 0 aromatic heterocycles. The van der Waals surface area contributed by atoms with E-state index in [4.69, 9.17) is 4.74 Å². The van der Waals surface area contributed by atoms with Crippen LogP contribution >= 0.6 is 0 Å². The molecule has 1 saturated heterocycles. The summed E-state index contributed by atoms with van der Waals surface area (Å²) in [4.78, 5) is 29.9. The third-order valence-corrected chi connectivity index (χ3v) is 5.88. The van der Waals surface area contributed by atoms with Gasteiger partial charge in [-0.05, 0) is 42.3 Å². The molecule has 0 saturated carbocycles. The summed E-state index contributed by atoms with van der Waals surface area (Å²) in [5, 5.41) is 11.3. The van der Waals surface area contributed by atoms with Gasteiger partial charge in [0.1, 0.15) is 11.5 Å². The highest BCUT2D eigenvalue weighted by molar-refractivity contribution is 6.46. The molecule has 3 aromatic rings. The number of ether oxygens (including phenoxy) is 1. The Labute approximate surface area is 199 Å². The van der Waals surface area contributed by atoms with E-state index >= 15 is 0 Å². The smallest absolute Gasteiger partial charge is 0.295 e. The zero-order valence-corrected chi connectivity index (χ0v) is 19.6. The number of hydrogen-bond donors (Lipinski definition) is 1. The second kappa shape index (κ2) is 9.83. The van der Waals surface area contributed by atoms with Crippen molar-refractivity contribution in [3.8, 4) is 5.75 Å². The van der Waals surface area contributed by atoms with Crippen molar-refractivity contribution in [1.82, 2.24) is 4.90 Å². The standard InChI is InChI=1S/C28H28N2O4/c1-4-34-23-12-8-11-21(17-23)26(31)24-25(20-13-15-22(16-14-20)29(2)3)30(28(33)27(24)32)18-19-9-6-5-7-10-19/h5-17,25,31H,4,18H2,1-3H3/b26-24+. The second-order valence-corrected chi connectivity index (χ2v) is 8.36. The number of ketones is 1. The number of rotatable bonds is 7. The quantitative estimate of drug-likeness (QED) is 0.315. The first-order valence-corrected chi connectivity index (χ1v) is 11.2. The predicted molar refractivity (Wildman–Crippen MR) is 133 cm³/mol. The molecule has 1 atom stereocenters. The number of carbonyl (C=O) groups is 2. The number of nitrogens with zero attached hydrogens (tertiary/aromatic N) is 2. The van der Waals surface area contributed by atoms with Gasteiger partial charge in [0.05, 0.1) is 18.2 Å². The summed E-state index contributed by atoms with van der Waals surface area (Å²) in [5.74, 6) is -0.959. The van der Waals surface area contributed by atoms with E-state index < -0.39 is 17.7 Å². The molecule has 34 heavy (non-hydrogen) atoms. The van der Waals surface area contributed by atoms with Crippen molar-refractivity contribution in [2.45, 2.75) is 19.5 Å². The average Bonchev–Trinajstić information content (AvgIpc) is 3.09. The average molecular weight is 457 g/mol. The molecule has 0 bridgehead atoms. The lowest BCUT2D eigenvalue weighted by Gasteiger charge is -2.26. The number of likely N-dealkylation sites (tertiary alicyclic amines) is 1. The lowest BCUT2D eigenvalue weighted by molar-refractivity contribution is -0.140. The first-order valence-electron chi connectivity index (χ1n) is 11.2. The molecule has 4 rings (SSSR count). The van der Waals surface area contributed by atoms with E-state index in [2.05, 4.69) is 0 Å². The van der Waals surface area contributed by atoms with Gasteiger partial charge in [-0.1, -0.05) is 54.6 Å². The fourth-order valence-corrected chi connectivity index (χ4v) is 4.18. The SMILES string of the molecule is CCOc1cccc(/C(O)=C2\C(=O)C(=O)N(Cc3ccccc3)C2c2ccc(N(C)C)cc2)c1. The van der Waals surface area contributed by atoms with E-state index in [1.54, 1.807) is 24.3 Å². The van der Waals surface area contributed by atoms with Crippen molar-refractivity contribution in [1.29, 1.82) is 0 Å². The summed E-state index contributed by atoms with van der Waals surface area (Å²) in [7, 11) is 3.89. The van der Waals surface area contributed by atoms with E-state index in [0.717, 1.165) is 16.8 Å². The highest BCUT2D eigenvalue weighted by Crippen LogP contribution is 2.41. The monoisotopic (exact) mass is 456 g/mol. The summed E-state index contributed by atoms with van der Waals surface area (Å²) < 4.78 is 5.55. The molecule has 6 nitrogen and oxygen atoms in total. The topological polar surface area (TPSA) is 70.1 Å². The van der Waals surface area contributed by atoms with Crippen LogP contribution in [0.1, 0.15) is 29.7 Å². The maximum absolute atomic E-state index is 13.2. The van der Waals surface area contributed by atoms with Gasteiger partial charge in [0.15, 0.2) is 0 Å². The third kappa shape index (κ3) is 4.53. The van der Waals surface area contributed by atoms with Crippen LogP contribution in [0.4, 0.5) is 5.69 Å². The van der Waals surface area contributed by atoms with E-state index in [9.17, 15) is 14.7 Å². The molecule has 1 N–H and O–H groups in total. The second-order valence-electron chi connectivity index (χ2n) is 8.36. The molecule has 1 fully saturated rings. The molecule has 1 amide bonds. The Kier molecular flexibility index (Phi) is 6.68. The Hall–Kier alpha value is -4.06. The van der Waals surface area contributed by atoms with Crippen LogP contribution in [0.15, 0.2) is 84.4 Å².